The molecule has 0 bridgehead atoms. The molecule has 24 heavy (non-hydrogen) atoms. The number of halogens is 1. The minimum Gasteiger partial charge on any atom is -0.494 e. The van der Waals surface area contributed by atoms with Gasteiger partial charge in [-0.05, 0) is 77.0 Å². The molecule has 0 fully saturated rings. The molecule has 1 aliphatic rings. The second kappa shape index (κ2) is 7.61. The second-order valence-corrected chi connectivity index (χ2v) is 6.51. The zero-order valence-electron chi connectivity index (χ0n) is 13.2. The molecule has 2 aromatic carbocycles. The summed E-state index contributed by atoms with van der Waals surface area (Å²) in [7, 11) is 0. The summed E-state index contributed by atoms with van der Waals surface area (Å²) < 4.78 is 12.0. The first-order valence-electron chi connectivity index (χ1n) is 7.67. The van der Waals surface area contributed by atoms with Gasteiger partial charge in [-0.25, -0.2) is 9.79 Å². The van der Waals surface area contributed by atoms with Crippen LogP contribution in [0, 0.1) is 3.57 Å². The fourth-order valence-corrected chi connectivity index (χ4v) is 2.56. The molecular formula is C19H16INO3. The van der Waals surface area contributed by atoms with E-state index in [0.29, 0.717) is 12.5 Å². The van der Waals surface area contributed by atoms with Crippen LogP contribution in [0.2, 0.25) is 0 Å². The van der Waals surface area contributed by atoms with E-state index in [0.717, 1.165) is 26.9 Å². The molecule has 3 rings (SSSR count). The fourth-order valence-electron chi connectivity index (χ4n) is 2.20. The topological polar surface area (TPSA) is 47.9 Å². The minimum atomic E-state index is -0.441. The Balaban J connectivity index is 1.84. The van der Waals surface area contributed by atoms with Crippen molar-refractivity contribution in [1.82, 2.24) is 0 Å². The van der Waals surface area contributed by atoms with E-state index >= 15 is 0 Å². The van der Waals surface area contributed by atoms with E-state index in [1.807, 2.05) is 48.5 Å². The van der Waals surface area contributed by atoms with Crippen LogP contribution < -0.4 is 4.74 Å². The number of carbonyl (C=O) groups is 1. The highest BCUT2D eigenvalue weighted by atomic mass is 127. The molecule has 0 atom stereocenters. The first kappa shape index (κ1) is 16.7. The number of benzene rings is 2. The molecule has 122 valence electrons. The summed E-state index contributed by atoms with van der Waals surface area (Å²) in [6.45, 7) is 2.72. The Morgan fingerprint density at radius 3 is 2.75 bits per heavy atom. The predicted octanol–water partition coefficient (Wildman–Crippen LogP) is 4.42. The molecule has 0 unspecified atom stereocenters. The lowest BCUT2D eigenvalue weighted by molar-refractivity contribution is -0.129. The van der Waals surface area contributed by atoms with Crippen LogP contribution in [0.3, 0.4) is 0 Å². The minimum absolute atomic E-state index is 0.288. The maximum atomic E-state index is 12.0. The molecule has 5 heteroatoms. The van der Waals surface area contributed by atoms with Crippen LogP contribution in [0.5, 0.6) is 5.75 Å². The van der Waals surface area contributed by atoms with E-state index in [-0.39, 0.29) is 5.70 Å². The Morgan fingerprint density at radius 1 is 1.21 bits per heavy atom. The average Bonchev–Trinajstić information content (AvgIpc) is 2.95. The first-order chi connectivity index (χ1) is 11.7. The fraction of sp³-hybridized carbons (Fsp3) is 0.158. The van der Waals surface area contributed by atoms with Crippen molar-refractivity contribution in [1.29, 1.82) is 0 Å². The van der Waals surface area contributed by atoms with Gasteiger partial charge in [0.2, 0.25) is 5.90 Å². The summed E-state index contributed by atoms with van der Waals surface area (Å²) >= 11 is 2.22. The number of cyclic esters (lactones) is 1. The molecule has 2 aromatic rings. The largest absolute Gasteiger partial charge is 0.494 e. The molecule has 0 saturated carbocycles. The molecule has 1 heterocycles. The first-order valence-corrected chi connectivity index (χ1v) is 8.75. The van der Waals surface area contributed by atoms with Crippen molar-refractivity contribution in [3.63, 3.8) is 0 Å². The lowest BCUT2D eigenvalue weighted by Gasteiger charge is -2.04. The van der Waals surface area contributed by atoms with Crippen molar-refractivity contribution in [2.24, 2.45) is 4.99 Å². The lowest BCUT2D eigenvalue weighted by atomic mass is 10.2. The van der Waals surface area contributed by atoms with Crippen molar-refractivity contribution < 1.29 is 14.3 Å². The maximum Gasteiger partial charge on any atom is 0.363 e. The second-order valence-electron chi connectivity index (χ2n) is 5.26. The van der Waals surface area contributed by atoms with E-state index in [1.165, 1.54) is 0 Å². The van der Waals surface area contributed by atoms with Gasteiger partial charge in [0.1, 0.15) is 5.75 Å². The molecule has 0 N–H and O–H groups in total. The standard InChI is InChI=1S/C19H16INO3/c1-2-10-23-16-5-3-4-13(11-16)12-17-19(22)24-18(21-17)14-6-8-15(20)9-7-14/h3-9,11-12H,2,10H2,1H3/b17-12-. The Bertz CT molecular complexity index is 810. The molecular weight excluding hydrogens is 417 g/mol. The highest BCUT2D eigenvalue weighted by Gasteiger charge is 2.24. The van der Waals surface area contributed by atoms with E-state index in [4.69, 9.17) is 9.47 Å². The monoisotopic (exact) mass is 433 g/mol. The molecule has 0 radical (unpaired) electrons. The Kier molecular flexibility index (Phi) is 5.30. The number of rotatable bonds is 5. The quantitative estimate of drug-likeness (QED) is 0.399. The zero-order chi connectivity index (χ0) is 16.9. The number of hydrogen-bond donors (Lipinski definition) is 0. The Hall–Kier alpha value is -2.15. The van der Waals surface area contributed by atoms with Gasteiger partial charge in [-0.3, -0.25) is 0 Å². The predicted molar refractivity (Wildman–Crippen MR) is 102 cm³/mol. The SMILES string of the molecule is CCCOc1cccc(/C=C2\N=C(c3ccc(I)cc3)OC2=O)c1. The van der Waals surface area contributed by atoms with Gasteiger partial charge in [0.15, 0.2) is 5.70 Å². The van der Waals surface area contributed by atoms with E-state index in [9.17, 15) is 4.79 Å². The van der Waals surface area contributed by atoms with Gasteiger partial charge in [0, 0.05) is 9.13 Å². The summed E-state index contributed by atoms with van der Waals surface area (Å²) in [5.41, 5.74) is 1.92. The molecule has 0 saturated heterocycles. The van der Waals surface area contributed by atoms with Crippen LogP contribution in [0.4, 0.5) is 0 Å². The van der Waals surface area contributed by atoms with Gasteiger partial charge in [-0.2, -0.15) is 0 Å². The van der Waals surface area contributed by atoms with Gasteiger partial charge >= 0.3 is 5.97 Å². The Morgan fingerprint density at radius 2 is 2.00 bits per heavy atom. The van der Waals surface area contributed by atoms with Crippen LogP contribution in [0.1, 0.15) is 24.5 Å². The number of aliphatic imine (C=N–C) groups is 1. The van der Waals surface area contributed by atoms with Crippen LogP contribution in [0.15, 0.2) is 59.2 Å². The molecule has 0 aliphatic carbocycles. The zero-order valence-corrected chi connectivity index (χ0v) is 15.3. The Labute approximate surface area is 154 Å². The average molecular weight is 433 g/mol. The van der Waals surface area contributed by atoms with Crippen molar-refractivity contribution in [3.05, 3.63) is 68.9 Å². The summed E-state index contributed by atoms with van der Waals surface area (Å²) in [4.78, 5) is 16.4. The molecule has 1 aliphatic heterocycles. The third-order valence-electron chi connectivity index (χ3n) is 3.35. The van der Waals surface area contributed by atoms with Gasteiger partial charge in [-0.1, -0.05) is 19.1 Å². The van der Waals surface area contributed by atoms with Gasteiger partial charge in [-0.15, -0.1) is 0 Å². The van der Waals surface area contributed by atoms with E-state index < -0.39 is 5.97 Å². The smallest absolute Gasteiger partial charge is 0.363 e. The van der Waals surface area contributed by atoms with Crippen molar-refractivity contribution >= 4 is 40.5 Å². The highest BCUT2D eigenvalue weighted by molar-refractivity contribution is 14.1. The van der Waals surface area contributed by atoms with Crippen molar-refractivity contribution in [2.45, 2.75) is 13.3 Å². The van der Waals surface area contributed by atoms with Crippen molar-refractivity contribution in [3.8, 4) is 5.75 Å². The molecule has 0 aromatic heterocycles. The van der Waals surface area contributed by atoms with Crippen LogP contribution in [0.25, 0.3) is 6.08 Å². The molecule has 0 spiro atoms. The van der Waals surface area contributed by atoms with Gasteiger partial charge in [0.05, 0.1) is 6.61 Å². The maximum absolute atomic E-state index is 12.0. The summed E-state index contributed by atoms with van der Waals surface area (Å²) in [5, 5.41) is 0. The normalized spacial score (nSPS) is 15.3. The van der Waals surface area contributed by atoms with Crippen LogP contribution >= 0.6 is 22.6 Å². The van der Waals surface area contributed by atoms with E-state index in [2.05, 4.69) is 34.5 Å². The number of esters is 1. The third kappa shape index (κ3) is 4.03. The number of ether oxygens (including phenoxy) is 2. The number of carbonyl (C=O) groups excluding carboxylic acids is 1. The van der Waals surface area contributed by atoms with E-state index in [1.54, 1.807) is 6.08 Å². The highest BCUT2D eigenvalue weighted by Crippen LogP contribution is 2.21. The van der Waals surface area contributed by atoms with Crippen LogP contribution in [-0.4, -0.2) is 18.5 Å². The van der Waals surface area contributed by atoms with Crippen LogP contribution in [-0.2, 0) is 9.53 Å². The summed E-state index contributed by atoms with van der Waals surface area (Å²) in [6, 6.07) is 15.2. The number of nitrogens with zero attached hydrogens (tertiary/aromatic N) is 1. The summed E-state index contributed by atoms with van der Waals surface area (Å²) in [5.74, 6) is 0.670. The van der Waals surface area contributed by atoms with Crippen molar-refractivity contribution in [2.75, 3.05) is 6.61 Å². The van der Waals surface area contributed by atoms with Gasteiger partial charge in [0.25, 0.3) is 0 Å². The third-order valence-corrected chi connectivity index (χ3v) is 4.07. The summed E-state index contributed by atoms with van der Waals surface area (Å²) in [6.07, 6.45) is 2.65. The number of hydrogen-bond acceptors (Lipinski definition) is 4. The van der Waals surface area contributed by atoms with Gasteiger partial charge < -0.3 is 9.47 Å². The lowest BCUT2D eigenvalue weighted by Crippen LogP contribution is -2.05. The molecule has 4 nitrogen and oxygen atoms in total. The molecule has 0 amide bonds.